The quantitative estimate of drug-likeness (QED) is 0.0331. The number of amides is 9. The number of hydrogen-bond acceptors (Lipinski definition) is 13. The Balaban J connectivity index is 3.02. The van der Waals surface area contributed by atoms with Crippen molar-refractivity contribution in [3.8, 4) is 0 Å². The minimum Gasteiger partial charge on any atom is -0.481 e. The van der Waals surface area contributed by atoms with E-state index in [0.29, 0.717) is 25.8 Å². The first-order valence-corrected chi connectivity index (χ1v) is 20.5. The van der Waals surface area contributed by atoms with Crippen molar-refractivity contribution in [2.75, 3.05) is 26.2 Å². The molecule has 1 heterocycles. The maximum atomic E-state index is 13.6. The van der Waals surface area contributed by atoms with Crippen LogP contribution in [0.1, 0.15) is 92.4 Å². The fourth-order valence-corrected chi connectivity index (χ4v) is 6.37. The Kier molecular flexibility index (Phi) is 23.7. The molecule has 62 heavy (non-hydrogen) atoms. The van der Waals surface area contributed by atoms with Gasteiger partial charge in [-0.05, 0) is 70.3 Å². The summed E-state index contributed by atoms with van der Waals surface area (Å²) in [7, 11) is 0. The molecule has 0 unspecified atom stereocenters. The maximum Gasteiger partial charge on any atom is 0.326 e. The molecule has 0 radical (unpaired) electrons. The van der Waals surface area contributed by atoms with Crippen LogP contribution in [0.4, 0.5) is 0 Å². The van der Waals surface area contributed by atoms with Crippen LogP contribution in [0.2, 0.25) is 0 Å². The van der Waals surface area contributed by atoms with E-state index in [2.05, 4.69) is 37.2 Å². The summed E-state index contributed by atoms with van der Waals surface area (Å²) >= 11 is 0. The first kappa shape index (κ1) is 54.1. The number of carboxylic acids is 2. The second-order valence-electron chi connectivity index (χ2n) is 15.8. The molecule has 1 rings (SSSR count). The van der Waals surface area contributed by atoms with Crippen LogP contribution in [0.25, 0.3) is 0 Å². The fraction of sp³-hybridized carbons (Fsp3) is 0.711. The molecule has 1 aliphatic rings. The third-order valence-corrected chi connectivity index (χ3v) is 9.72. The molecule has 0 bridgehead atoms. The Morgan fingerprint density at radius 3 is 1.85 bits per heavy atom. The second kappa shape index (κ2) is 27.1. The van der Waals surface area contributed by atoms with Gasteiger partial charge in [0.15, 0.2) is 0 Å². The zero-order valence-corrected chi connectivity index (χ0v) is 36.0. The van der Waals surface area contributed by atoms with Gasteiger partial charge in [0.25, 0.3) is 0 Å². The lowest BCUT2D eigenvalue weighted by Crippen LogP contribution is -2.60. The average Bonchev–Trinajstić information content (AvgIpc) is 3.69. The minimum absolute atomic E-state index is 0.0657. The highest BCUT2D eigenvalue weighted by atomic mass is 16.4. The normalized spacial score (nSPS) is 16.4. The smallest absolute Gasteiger partial charge is 0.326 e. The number of carboxylic acid groups (broad SMARTS) is 2. The number of rotatable bonds is 28. The number of nitrogens with one attached hydrogen (secondary N) is 7. The highest BCUT2D eigenvalue weighted by molar-refractivity contribution is 5.98. The molecule has 15 N–H and O–H groups in total. The van der Waals surface area contributed by atoms with Crippen molar-refractivity contribution in [3.05, 3.63) is 0 Å². The summed E-state index contributed by atoms with van der Waals surface area (Å²) in [4.78, 5) is 141. The molecule has 350 valence electrons. The summed E-state index contributed by atoms with van der Waals surface area (Å²) < 4.78 is 0. The summed E-state index contributed by atoms with van der Waals surface area (Å²) in [6, 6.07) is -9.15. The van der Waals surface area contributed by atoms with Crippen LogP contribution in [0, 0.1) is 11.8 Å². The lowest BCUT2D eigenvalue weighted by molar-refractivity contribution is -0.144. The third-order valence-electron chi connectivity index (χ3n) is 9.72. The van der Waals surface area contributed by atoms with Crippen LogP contribution in [0.5, 0.6) is 0 Å². The van der Waals surface area contributed by atoms with E-state index in [-0.39, 0.29) is 44.6 Å². The average molecular weight is 884 g/mol. The van der Waals surface area contributed by atoms with Crippen molar-refractivity contribution in [3.63, 3.8) is 0 Å². The molecule has 0 spiro atoms. The molecule has 1 fully saturated rings. The number of nitrogens with two attached hydrogens (primary N) is 3. The van der Waals surface area contributed by atoms with Crippen molar-refractivity contribution in [2.45, 2.75) is 135 Å². The molecule has 0 saturated carbocycles. The van der Waals surface area contributed by atoms with Crippen LogP contribution < -0.4 is 54.4 Å². The van der Waals surface area contributed by atoms with E-state index < -0.39 is 133 Å². The number of unbranched alkanes of at least 4 members (excludes halogenated alkanes) is 1. The predicted molar refractivity (Wildman–Crippen MR) is 220 cm³/mol. The van der Waals surface area contributed by atoms with Crippen molar-refractivity contribution in [2.24, 2.45) is 29.0 Å². The number of hydrogen-bond donors (Lipinski definition) is 12. The number of likely N-dealkylation sites (tertiary alicyclic amines) is 1. The van der Waals surface area contributed by atoms with E-state index in [0.717, 1.165) is 0 Å². The Hall–Kier alpha value is -5.91. The maximum absolute atomic E-state index is 13.6. The minimum atomic E-state index is -1.77. The molecular weight excluding hydrogens is 818 g/mol. The molecule has 0 aromatic rings. The number of nitrogens with zero attached hydrogens (tertiary/aromatic N) is 1. The van der Waals surface area contributed by atoms with Crippen LogP contribution in [-0.4, -0.2) is 149 Å². The van der Waals surface area contributed by atoms with Gasteiger partial charge in [-0.15, -0.1) is 0 Å². The van der Waals surface area contributed by atoms with Crippen LogP contribution in [-0.2, 0) is 52.7 Å². The predicted octanol–water partition coefficient (Wildman–Crippen LogP) is -4.36. The van der Waals surface area contributed by atoms with Gasteiger partial charge in [-0.1, -0.05) is 27.7 Å². The monoisotopic (exact) mass is 883 g/mol. The van der Waals surface area contributed by atoms with Gasteiger partial charge in [0, 0.05) is 13.0 Å². The van der Waals surface area contributed by atoms with E-state index in [1.807, 2.05) is 0 Å². The van der Waals surface area contributed by atoms with Gasteiger partial charge in [-0.2, -0.15) is 0 Å². The van der Waals surface area contributed by atoms with Crippen LogP contribution >= 0.6 is 0 Å². The number of carbonyl (C=O) groups is 11. The topological polar surface area (TPSA) is 394 Å². The SMILES string of the molecule is CC(C)C[C@H](NC(=O)[C@@H](NC(=O)[C@H](CC(=O)O)NC(=O)[C@H](CCC(N)=O)NC(=O)CN)C(C)C)C(=O)N[C@@H](C)C(=O)NCC(=O)N1CCC[C@H]1C(=O)N[C@@H](CCCCN)C(=O)O. The summed E-state index contributed by atoms with van der Waals surface area (Å²) in [6.07, 6.45) is 0.444. The summed E-state index contributed by atoms with van der Waals surface area (Å²) in [5, 5.41) is 35.9. The van der Waals surface area contributed by atoms with Crippen molar-refractivity contribution >= 4 is 65.1 Å². The molecule has 1 aliphatic heterocycles. The summed E-state index contributed by atoms with van der Waals surface area (Å²) in [5.41, 5.74) is 15.9. The van der Waals surface area contributed by atoms with E-state index >= 15 is 0 Å². The largest absolute Gasteiger partial charge is 0.481 e. The highest BCUT2D eigenvalue weighted by Gasteiger charge is 2.37. The lowest BCUT2D eigenvalue weighted by atomic mass is 9.99. The summed E-state index contributed by atoms with van der Waals surface area (Å²) in [6.45, 7) is 7.47. The highest BCUT2D eigenvalue weighted by Crippen LogP contribution is 2.18. The molecule has 0 aliphatic carbocycles. The Bertz CT molecular complexity index is 1630. The molecule has 0 aromatic carbocycles. The van der Waals surface area contributed by atoms with Crippen molar-refractivity contribution in [1.29, 1.82) is 0 Å². The number of carbonyl (C=O) groups excluding carboxylic acids is 9. The van der Waals surface area contributed by atoms with Gasteiger partial charge in [-0.3, -0.25) is 47.9 Å². The standard InChI is InChI=1S/C38H65N11O13/c1-19(2)15-24(34(57)43-21(5)32(55)42-18-29(52)49-14-8-10-26(49)36(59)45-23(38(61)62)9-6-7-13-39)47-37(60)31(20(3)4)48-35(58)25(16-30(53)54)46-33(56)22(11-12-27(41)50)44-28(51)17-40/h19-26,31H,6-18,39-40H2,1-5H3,(H2,41,50)(H,42,55)(H,43,57)(H,44,51)(H,45,59)(H,46,56)(H,47,60)(H,48,58)(H,53,54)(H,61,62)/t21-,22-,23-,24-,25-,26-,31-/m0/s1. The van der Waals surface area contributed by atoms with Gasteiger partial charge in [0.2, 0.25) is 53.2 Å². The van der Waals surface area contributed by atoms with Gasteiger partial charge >= 0.3 is 11.9 Å². The fourth-order valence-electron chi connectivity index (χ4n) is 6.37. The molecular formula is C38H65N11O13. The lowest BCUT2D eigenvalue weighted by Gasteiger charge is -2.28. The zero-order chi connectivity index (χ0) is 47.3. The van der Waals surface area contributed by atoms with Crippen LogP contribution in [0.3, 0.4) is 0 Å². The first-order valence-electron chi connectivity index (χ1n) is 20.5. The molecule has 24 nitrogen and oxygen atoms in total. The number of primary amides is 1. The van der Waals surface area contributed by atoms with Gasteiger partial charge < -0.3 is 69.5 Å². The van der Waals surface area contributed by atoms with E-state index in [9.17, 15) is 63.0 Å². The molecule has 9 amide bonds. The third kappa shape index (κ3) is 19.2. The Morgan fingerprint density at radius 2 is 1.31 bits per heavy atom. The number of aliphatic carboxylic acids is 2. The van der Waals surface area contributed by atoms with Crippen LogP contribution in [0.15, 0.2) is 0 Å². The van der Waals surface area contributed by atoms with E-state index in [1.165, 1.54) is 11.8 Å². The Labute approximate surface area is 359 Å². The molecule has 24 heteroatoms. The molecule has 1 saturated heterocycles. The van der Waals surface area contributed by atoms with Gasteiger partial charge in [-0.25, -0.2) is 4.79 Å². The Morgan fingerprint density at radius 1 is 0.694 bits per heavy atom. The molecule has 0 aromatic heterocycles. The van der Waals surface area contributed by atoms with Crippen molar-refractivity contribution in [1.82, 2.24) is 42.1 Å². The zero-order valence-electron chi connectivity index (χ0n) is 36.0. The second-order valence-corrected chi connectivity index (χ2v) is 15.8. The van der Waals surface area contributed by atoms with Gasteiger partial charge in [0.1, 0.15) is 42.3 Å². The van der Waals surface area contributed by atoms with Crippen molar-refractivity contribution < 1.29 is 63.0 Å². The molecule has 7 atom stereocenters. The van der Waals surface area contributed by atoms with E-state index in [4.69, 9.17) is 17.2 Å². The summed E-state index contributed by atoms with van der Waals surface area (Å²) in [5.74, 6) is -10.9. The first-order chi connectivity index (χ1) is 29.0. The van der Waals surface area contributed by atoms with E-state index in [1.54, 1.807) is 27.7 Å². The van der Waals surface area contributed by atoms with Gasteiger partial charge in [0.05, 0.1) is 19.5 Å².